The van der Waals surface area contributed by atoms with Gasteiger partial charge < -0.3 is 5.11 Å². The average Bonchev–Trinajstić information content (AvgIpc) is 2.39. The molecule has 0 bridgehead atoms. The van der Waals surface area contributed by atoms with Gasteiger partial charge in [-0.2, -0.15) is 5.10 Å². The third kappa shape index (κ3) is 2.52. The van der Waals surface area contributed by atoms with Crippen LogP contribution in [0.5, 0.6) is 0 Å². The van der Waals surface area contributed by atoms with Crippen molar-refractivity contribution in [1.82, 2.24) is 9.78 Å². The summed E-state index contributed by atoms with van der Waals surface area (Å²) in [4.78, 5) is 22.8. The fourth-order valence-corrected chi connectivity index (χ4v) is 1.66. The standard InChI is InChI=1S/C13H11FN2O3/c1-2-8-7-16(10-5-3-9(14)4-6-10)15-11(12(8)17)13(18)19/h3-7H,2H2,1H3,(H,18,19). The number of aromatic carboxylic acids is 1. The molecule has 0 spiro atoms. The lowest BCUT2D eigenvalue weighted by molar-refractivity contribution is 0.0686. The molecule has 98 valence electrons. The van der Waals surface area contributed by atoms with E-state index in [4.69, 9.17) is 5.11 Å². The molecule has 6 heteroatoms. The Labute approximate surface area is 107 Å². The Hall–Kier alpha value is -2.50. The van der Waals surface area contributed by atoms with Crippen molar-refractivity contribution in [2.75, 3.05) is 0 Å². The van der Waals surface area contributed by atoms with Crippen molar-refractivity contribution >= 4 is 5.97 Å². The van der Waals surface area contributed by atoms with Crippen LogP contribution in [0.25, 0.3) is 5.69 Å². The van der Waals surface area contributed by atoms with Gasteiger partial charge in [-0.1, -0.05) is 6.92 Å². The number of hydrogen-bond acceptors (Lipinski definition) is 3. The number of aryl methyl sites for hydroxylation is 1. The van der Waals surface area contributed by atoms with E-state index in [2.05, 4.69) is 5.10 Å². The highest BCUT2D eigenvalue weighted by atomic mass is 19.1. The topological polar surface area (TPSA) is 72.2 Å². The molecule has 0 radical (unpaired) electrons. The van der Waals surface area contributed by atoms with Crippen LogP contribution < -0.4 is 5.43 Å². The minimum Gasteiger partial charge on any atom is -0.476 e. The summed E-state index contributed by atoms with van der Waals surface area (Å²) in [6, 6.07) is 5.39. The van der Waals surface area contributed by atoms with E-state index in [0.717, 1.165) is 0 Å². The molecule has 0 unspecified atom stereocenters. The van der Waals surface area contributed by atoms with Gasteiger partial charge in [0.15, 0.2) is 0 Å². The van der Waals surface area contributed by atoms with Crippen LogP contribution in [-0.2, 0) is 6.42 Å². The number of hydrogen-bond donors (Lipinski definition) is 1. The predicted octanol–water partition coefficient (Wildman–Crippen LogP) is 1.63. The van der Waals surface area contributed by atoms with Crippen molar-refractivity contribution in [3.8, 4) is 5.69 Å². The molecule has 0 saturated heterocycles. The summed E-state index contributed by atoms with van der Waals surface area (Å²) in [6.45, 7) is 1.75. The Morgan fingerprint density at radius 3 is 2.53 bits per heavy atom. The first-order chi connectivity index (χ1) is 9.02. The van der Waals surface area contributed by atoms with Crippen molar-refractivity contribution in [2.45, 2.75) is 13.3 Å². The molecule has 0 aliphatic rings. The molecular formula is C13H11FN2O3. The van der Waals surface area contributed by atoms with Crippen molar-refractivity contribution in [1.29, 1.82) is 0 Å². The lowest BCUT2D eigenvalue weighted by atomic mass is 10.2. The zero-order valence-electron chi connectivity index (χ0n) is 10.1. The molecule has 1 heterocycles. The van der Waals surface area contributed by atoms with Gasteiger partial charge in [0.05, 0.1) is 5.69 Å². The average molecular weight is 262 g/mol. The lowest BCUT2D eigenvalue weighted by Gasteiger charge is -2.08. The van der Waals surface area contributed by atoms with Crippen LogP contribution in [-0.4, -0.2) is 20.9 Å². The van der Waals surface area contributed by atoms with Gasteiger partial charge in [0.25, 0.3) is 0 Å². The van der Waals surface area contributed by atoms with Gasteiger partial charge in [-0.15, -0.1) is 0 Å². The monoisotopic (exact) mass is 262 g/mol. The summed E-state index contributed by atoms with van der Waals surface area (Å²) in [5.74, 6) is -1.78. The first kappa shape index (κ1) is 12.9. The van der Waals surface area contributed by atoms with Gasteiger partial charge in [0, 0.05) is 11.8 Å². The number of nitrogens with zero attached hydrogens (tertiary/aromatic N) is 2. The summed E-state index contributed by atoms with van der Waals surface area (Å²) in [6.07, 6.45) is 1.85. The molecule has 2 aromatic rings. The van der Waals surface area contributed by atoms with Crippen LogP contribution >= 0.6 is 0 Å². The second-order valence-electron chi connectivity index (χ2n) is 3.91. The number of aromatic nitrogens is 2. The number of carboxylic acids is 1. The van der Waals surface area contributed by atoms with Crippen LogP contribution in [0.1, 0.15) is 23.0 Å². The smallest absolute Gasteiger partial charge is 0.360 e. The maximum absolute atomic E-state index is 12.8. The number of carbonyl (C=O) groups is 1. The molecule has 0 atom stereocenters. The highest BCUT2D eigenvalue weighted by molar-refractivity contribution is 5.85. The molecule has 1 aromatic heterocycles. The highest BCUT2D eigenvalue weighted by Gasteiger charge is 2.15. The molecule has 1 N–H and O–H groups in total. The number of benzene rings is 1. The molecule has 1 aromatic carbocycles. The van der Waals surface area contributed by atoms with Crippen LogP contribution in [0.3, 0.4) is 0 Å². The lowest BCUT2D eigenvalue weighted by Crippen LogP contribution is -2.24. The third-order valence-electron chi connectivity index (χ3n) is 2.67. The minimum atomic E-state index is -1.38. The highest BCUT2D eigenvalue weighted by Crippen LogP contribution is 2.08. The molecule has 19 heavy (non-hydrogen) atoms. The van der Waals surface area contributed by atoms with Gasteiger partial charge in [0.2, 0.25) is 11.1 Å². The van der Waals surface area contributed by atoms with Crippen molar-refractivity contribution in [2.24, 2.45) is 0 Å². The molecule has 0 fully saturated rings. The van der Waals surface area contributed by atoms with E-state index in [9.17, 15) is 14.0 Å². The molecule has 0 saturated carbocycles. The SMILES string of the molecule is CCc1cn(-c2ccc(F)cc2)nc(C(=O)O)c1=O. The summed E-state index contributed by atoms with van der Waals surface area (Å²) in [5, 5.41) is 12.7. The van der Waals surface area contributed by atoms with Gasteiger partial charge in [0.1, 0.15) is 5.82 Å². The molecule has 5 nitrogen and oxygen atoms in total. The molecular weight excluding hydrogens is 251 g/mol. The molecule has 0 aliphatic carbocycles. The minimum absolute atomic E-state index is 0.344. The summed E-state index contributed by atoms with van der Waals surface area (Å²) in [5.41, 5.74) is -0.299. The fraction of sp³-hybridized carbons (Fsp3) is 0.154. The van der Waals surface area contributed by atoms with Crippen LogP contribution in [0, 0.1) is 5.82 Å². The van der Waals surface area contributed by atoms with Gasteiger partial charge in [-0.25, -0.2) is 13.9 Å². The molecule has 0 amide bonds. The normalized spacial score (nSPS) is 10.4. The van der Waals surface area contributed by atoms with Gasteiger partial charge in [-0.3, -0.25) is 4.79 Å². The van der Waals surface area contributed by atoms with E-state index < -0.39 is 22.9 Å². The summed E-state index contributed by atoms with van der Waals surface area (Å²) in [7, 11) is 0. The summed E-state index contributed by atoms with van der Waals surface area (Å²) < 4.78 is 14.1. The molecule has 2 rings (SSSR count). The van der Waals surface area contributed by atoms with E-state index in [-0.39, 0.29) is 0 Å². The van der Waals surface area contributed by atoms with Crippen molar-refractivity contribution in [3.63, 3.8) is 0 Å². The second kappa shape index (κ2) is 5.01. The number of carboxylic acid groups (broad SMARTS) is 1. The Morgan fingerprint density at radius 1 is 1.37 bits per heavy atom. The van der Waals surface area contributed by atoms with E-state index in [0.29, 0.717) is 17.7 Å². The Bertz CT molecular complexity index is 677. The zero-order chi connectivity index (χ0) is 14.0. The second-order valence-corrected chi connectivity index (χ2v) is 3.91. The van der Waals surface area contributed by atoms with Crippen LogP contribution in [0.15, 0.2) is 35.3 Å². The van der Waals surface area contributed by atoms with Crippen molar-refractivity contribution in [3.05, 3.63) is 57.8 Å². The first-order valence-electron chi connectivity index (χ1n) is 5.65. The van der Waals surface area contributed by atoms with Crippen LogP contribution in [0.4, 0.5) is 4.39 Å². The van der Waals surface area contributed by atoms with E-state index in [1.165, 1.54) is 35.1 Å². The van der Waals surface area contributed by atoms with E-state index in [1.807, 2.05) is 0 Å². The van der Waals surface area contributed by atoms with Crippen molar-refractivity contribution < 1.29 is 14.3 Å². The fourth-order valence-electron chi connectivity index (χ4n) is 1.66. The Balaban J connectivity index is 2.64. The first-order valence-corrected chi connectivity index (χ1v) is 5.65. The Morgan fingerprint density at radius 2 is 2.00 bits per heavy atom. The molecule has 0 aliphatic heterocycles. The largest absolute Gasteiger partial charge is 0.476 e. The maximum atomic E-state index is 12.8. The Kier molecular flexibility index (Phi) is 3.41. The van der Waals surface area contributed by atoms with Gasteiger partial charge in [-0.05, 0) is 30.7 Å². The third-order valence-corrected chi connectivity index (χ3v) is 2.67. The van der Waals surface area contributed by atoms with E-state index in [1.54, 1.807) is 6.92 Å². The maximum Gasteiger partial charge on any atom is 0.360 e. The predicted molar refractivity (Wildman–Crippen MR) is 66.1 cm³/mol. The summed E-state index contributed by atoms with van der Waals surface area (Å²) >= 11 is 0. The number of rotatable bonds is 3. The van der Waals surface area contributed by atoms with E-state index >= 15 is 0 Å². The number of halogens is 1. The van der Waals surface area contributed by atoms with Gasteiger partial charge >= 0.3 is 5.97 Å². The zero-order valence-corrected chi connectivity index (χ0v) is 10.1. The quantitative estimate of drug-likeness (QED) is 0.912. The van der Waals surface area contributed by atoms with Crippen LogP contribution in [0.2, 0.25) is 0 Å².